The van der Waals surface area contributed by atoms with Gasteiger partial charge in [0.15, 0.2) is 0 Å². The van der Waals surface area contributed by atoms with Crippen molar-refractivity contribution in [2.75, 3.05) is 0 Å². The zero-order valence-electron chi connectivity index (χ0n) is 20.4. The van der Waals surface area contributed by atoms with Crippen molar-refractivity contribution in [3.8, 4) is 16.8 Å². The highest BCUT2D eigenvalue weighted by Gasteiger charge is 2.20. The summed E-state index contributed by atoms with van der Waals surface area (Å²) < 4.78 is 8.53. The fourth-order valence-electron chi connectivity index (χ4n) is 6.16. The lowest BCUT2D eigenvalue weighted by atomic mass is 9.92. The summed E-state index contributed by atoms with van der Waals surface area (Å²) in [7, 11) is 0. The van der Waals surface area contributed by atoms with Crippen molar-refractivity contribution in [3.05, 3.63) is 107 Å². The minimum atomic E-state index is 0.934. The Kier molecular flexibility index (Phi) is 4.35. The van der Waals surface area contributed by atoms with Gasteiger partial charge in [-0.15, -0.1) is 0 Å². The summed E-state index contributed by atoms with van der Waals surface area (Å²) in [6, 6.07) is 26.5. The second kappa shape index (κ2) is 7.48. The Balaban J connectivity index is 1.49. The van der Waals surface area contributed by atoms with Crippen LogP contribution in [0.3, 0.4) is 0 Å². The van der Waals surface area contributed by atoms with E-state index in [-0.39, 0.29) is 0 Å². The SMILES string of the molecule is Cc1cc(C)c(-c2ccc3c(c2)c2c(n3-c3ccc4oc5ccccc5c4c3)C=CCC2)c(C)c1. The number of hydrogen-bond acceptors (Lipinski definition) is 1. The van der Waals surface area contributed by atoms with E-state index in [1.807, 2.05) is 12.1 Å². The third-order valence-corrected chi connectivity index (χ3v) is 7.53. The molecule has 170 valence electrons. The normalized spacial score (nSPS) is 13.2. The number of furan rings is 1. The van der Waals surface area contributed by atoms with E-state index in [4.69, 9.17) is 4.42 Å². The van der Waals surface area contributed by atoms with Crippen LogP contribution in [0.1, 0.15) is 34.4 Å². The van der Waals surface area contributed by atoms with Gasteiger partial charge in [-0.1, -0.05) is 48.0 Å². The number of aromatic nitrogens is 1. The standard InChI is InChI=1S/C33H27NO/c1-20-16-21(2)33(22(3)17-20)23-12-14-30-27(18-23)25-8-4-6-10-29(25)34(30)24-13-15-32-28(19-24)26-9-5-7-11-31(26)35-32/h5-7,9-19H,4,8H2,1-3H3. The van der Waals surface area contributed by atoms with E-state index in [0.29, 0.717) is 0 Å². The maximum absolute atomic E-state index is 6.10. The number of aryl methyl sites for hydroxylation is 4. The molecule has 0 fully saturated rings. The van der Waals surface area contributed by atoms with Crippen molar-refractivity contribution in [1.82, 2.24) is 4.57 Å². The van der Waals surface area contributed by atoms with Crippen molar-refractivity contribution in [2.45, 2.75) is 33.6 Å². The number of hydrogen-bond donors (Lipinski definition) is 0. The predicted molar refractivity (Wildman–Crippen MR) is 148 cm³/mol. The zero-order chi connectivity index (χ0) is 23.7. The van der Waals surface area contributed by atoms with Gasteiger partial charge in [-0.05, 0) is 104 Å². The van der Waals surface area contributed by atoms with Gasteiger partial charge in [0.1, 0.15) is 11.2 Å². The number of fused-ring (bicyclic) bond motifs is 6. The van der Waals surface area contributed by atoms with E-state index in [9.17, 15) is 0 Å². The van der Waals surface area contributed by atoms with E-state index in [1.165, 1.54) is 55.7 Å². The molecule has 2 heteroatoms. The first kappa shape index (κ1) is 20.3. The Morgan fingerprint density at radius 3 is 2.40 bits per heavy atom. The lowest BCUT2D eigenvalue weighted by Gasteiger charge is -2.13. The molecule has 6 aromatic rings. The average molecular weight is 454 g/mol. The molecule has 0 saturated carbocycles. The number of rotatable bonds is 2. The molecule has 0 amide bonds. The quantitative estimate of drug-likeness (QED) is 0.256. The van der Waals surface area contributed by atoms with Crippen molar-refractivity contribution in [3.63, 3.8) is 0 Å². The van der Waals surface area contributed by atoms with Gasteiger partial charge in [0.25, 0.3) is 0 Å². The molecule has 0 radical (unpaired) electrons. The Hall–Kier alpha value is -4.04. The predicted octanol–water partition coefficient (Wildman–Crippen LogP) is 9.08. The van der Waals surface area contributed by atoms with E-state index in [0.717, 1.165) is 34.8 Å². The Bertz CT molecular complexity index is 1800. The van der Waals surface area contributed by atoms with E-state index in [2.05, 4.69) is 98.2 Å². The number of nitrogens with zero attached hydrogens (tertiary/aromatic N) is 1. The Labute approximate surface area is 205 Å². The maximum Gasteiger partial charge on any atom is 0.135 e. The maximum atomic E-state index is 6.10. The number of benzene rings is 4. The molecule has 0 N–H and O–H groups in total. The fraction of sp³-hybridized carbons (Fsp3) is 0.152. The van der Waals surface area contributed by atoms with Crippen LogP contribution in [0.5, 0.6) is 0 Å². The average Bonchev–Trinajstić information content (AvgIpc) is 3.38. The number of allylic oxidation sites excluding steroid dienone is 1. The highest BCUT2D eigenvalue weighted by molar-refractivity contribution is 6.06. The molecule has 0 spiro atoms. The van der Waals surface area contributed by atoms with Gasteiger partial charge in [-0.25, -0.2) is 0 Å². The topological polar surface area (TPSA) is 18.1 Å². The van der Waals surface area contributed by atoms with Gasteiger partial charge < -0.3 is 8.98 Å². The molecule has 0 atom stereocenters. The van der Waals surface area contributed by atoms with Crippen LogP contribution >= 0.6 is 0 Å². The molecule has 0 bridgehead atoms. The highest BCUT2D eigenvalue weighted by Crippen LogP contribution is 2.39. The fourth-order valence-corrected chi connectivity index (χ4v) is 6.16. The van der Waals surface area contributed by atoms with Crippen LogP contribution in [0, 0.1) is 20.8 Å². The molecule has 2 heterocycles. The molecular weight excluding hydrogens is 426 g/mol. The summed E-state index contributed by atoms with van der Waals surface area (Å²) in [5, 5.41) is 3.69. The monoisotopic (exact) mass is 453 g/mol. The highest BCUT2D eigenvalue weighted by atomic mass is 16.3. The van der Waals surface area contributed by atoms with Crippen LogP contribution in [-0.4, -0.2) is 4.57 Å². The minimum absolute atomic E-state index is 0.934. The molecular formula is C33H27NO. The van der Waals surface area contributed by atoms with Gasteiger partial charge >= 0.3 is 0 Å². The van der Waals surface area contributed by atoms with Crippen LogP contribution in [0.2, 0.25) is 0 Å². The molecule has 4 aromatic carbocycles. The summed E-state index contributed by atoms with van der Waals surface area (Å²) in [4.78, 5) is 0. The van der Waals surface area contributed by atoms with E-state index in [1.54, 1.807) is 0 Å². The van der Waals surface area contributed by atoms with Gasteiger partial charge in [0, 0.05) is 27.5 Å². The van der Waals surface area contributed by atoms with E-state index < -0.39 is 0 Å². The van der Waals surface area contributed by atoms with Crippen LogP contribution in [0.4, 0.5) is 0 Å². The second-order valence-electron chi connectivity index (χ2n) is 9.92. The lowest BCUT2D eigenvalue weighted by molar-refractivity contribution is 0.669. The molecule has 0 unspecified atom stereocenters. The molecule has 7 rings (SSSR count). The summed E-state index contributed by atoms with van der Waals surface area (Å²) in [5.74, 6) is 0. The van der Waals surface area contributed by atoms with Crippen molar-refractivity contribution < 1.29 is 4.42 Å². The third-order valence-electron chi connectivity index (χ3n) is 7.53. The molecule has 0 aliphatic heterocycles. The lowest BCUT2D eigenvalue weighted by Crippen LogP contribution is -2.00. The third kappa shape index (κ3) is 3.03. The Morgan fingerprint density at radius 1 is 0.743 bits per heavy atom. The summed E-state index contributed by atoms with van der Waals surface area (Å²) in [6.07, 6.45) is 6.77. The van der Waals surface area contributed by atoms with Crippen LogP contribution in [-0.2, 0) is 6.42 Å². The molecule has 1 aliphatic rings. The minimum Gasteiger partial charge on any atom is -0.456 e. The molecule has 35 heavy (non-hydrogen) atoms. The smallest absolute Gasteiger partial charge is 0.135 e. The second-order valence-corrected chi connectivity index (χ2v) is 9.92. The van der Waals surface area contributed by atoms with Gasteiger partial charge in [0.05, 0.1) is 5.52 Å². The first-order valence-corrected chi connectivity index (χ1v) is 12.4. The van der Waals surface area contributed by atoms with Crippen LogP contribution in [0.15, 0.2) is 83.3 Å². The largest absolute Gasteiger partial charge is 0.456 e. The zero-order valence-corrected chi connectivity index (χ0v) is 20.4. The first-order valence-electron chi connectivity index (χ1n) is 12.4. The van der Waals surface area contributed by atoms with Crippen LogP contribution in [0.25, 0.3) is 55.7 Å². The number of para-hydroxylation sites is 1. The van der Waals surface area contributed by atoms with Gasteiger partial charge in [-0.2, -0.15) is 0 Å². The molecule has 1 aliphatic carbocycles. The Morgan fingerprint density at radius 2 is 1.54 bits per heavy atom. The summed E-state index contributed by atoms with van der Waals surface area (Å²) in [5.41, 5.74) is 13.7. The van der Waals surface area contributed by atoms with Gasteiger partial charge in [-0.3, -0.25) is 0 Å². The molecule has 2 nitrogen and oxygen atoms in total. The molecule has 2 aromatic heterocycles. The van der Waals surface area contributed by atoms with Gasteiger partial charge in [0.2, 0.25) is 0 Å². The van der Waals surface area contributed by atoms with Crippen molar-refractivity contribution in [1.29, 1.82) is 0 Å². The summed E-state index contributed by atoms with van der Waals surface area (Å²) >= 11 is 0. The molecule has 0 saturated heterocycles. The van der Waals surface area contributed by atoms with Crippen molar-refractivity contribution >= 4 is 38.9 Å². The van der Waals surface area contributed by atoms with Crippen LogP contribution < -0.4 is 0 Å². The first-order chi connectivity index (χ1) is 17.1. The van der Waals surface area contributed by atoms with E-state index >= 15 is 0 Å². The summed E-state index contributed by atoms with van der Waals surface area (Å²) in [6.45, 7) is 6.64. The van der Waals surface area contributed by atoms with Crippen molar-refractivity contribution in [2.24, 2.45) is 0 Å².